The average Bonchev–Trinajstić information content (AvgIpc) is 2.98. The highest BCUT2D eigenvalue weighted by Gasteiger charge is 2.16. The lowest BCUT2D eigenvalue weighted by Crippen LogP contribution is -2.41. The number of aliphatic imine (C=N–C) groups is 1. The molecule has 6 heteroatoms. The maximum Gasteiger partial charge on any atom is 0.193 e. The minimum Gasteiger partial charge on any atom is -0.355 e. The number of aryl methyl sites for hydroxylation is 2. The first-order valence-corrected chi connectivity index (χ1v) is 10.0. The fraction of sp³-hybridized carbons (Fsp3) is 0.778. The van der Waals surface area contributed by atoms with Crippen LogP contribution in [0.5, 0.6) is 0 Å². The summed E-state index contributed by atoms with van der Waals surface area (Å²) >= 11 is 1.89. The van der Waals surface area contributed by atoms with Gasteiger partial charge in [-0.15, -0.1) is 11.3 Å². The summed E-state index contributed by atoms with van der Waals surface area (Å²) in [5.41, 5.74) is 1.34. The zero-order valence-corrected chi connectivity index (χ0v) is 16.6. The van der Waals surface area contributed by atoms with Crippen LogP contribution in [0.3, 0.4) is 0 Å². The van der Waals surface area contributed by atoms with E-state index in [1.165, 1.54) is 47.7 Å². The molecule has 0 radical (unpaired) electrons. The molecule has 1 aromatic rings. The second kappa shape index (κ2) is 9.99. The molecular weight excluding hydrogens is 318 g/mol. The Bertz CT molecular complexity index is 502. The lowest BCUT2D eigenvalue weighted by Gasteiger charge is -2.23. The number of hydrogen-bond donors (Lipinski definition) is 1. The number of aromatic nitrogens is 1. The van der Waals surface area contributed by atoms with Crippen molar-refractivity contribution < 1.29 is 0 Å². The molecule has 136 valence electrons. The van der Waals surface area contributed by atoms with Gasteiger partial charge in [0, 0.05) is 32.1 Å². The van der Waals surface area contributed by atoms with Gasteiger partial charge in [0.05, 0.1) is 12.2 Å². The van der Waals surface area contributed by atoms with Gasteiger partial charge < -0.3 is 15.1 Å². The monoisotopic (exact) mass is 351 g/mol. The molecule has 0 atom stereocenters. The lowest BCUT2D eigenvalue weighted by molar-refractivity contribution is 0.330. The Morgan fingerprint density at radius 2 is 2.04 bits per heavy atom. The van der Waals surface area contributed by atoms with Crippen LogP contribution in [-0.4, -0.2) is 61.5 Å². The van der Waals surface area contributed by atoms with E-state index in [0.29, 0.717) is 0 Å². The molecule has 1 aromatic heterocycles. The second-order valence-electron chi connectivity index (χ2n) is 6.67. The van der Waals surface area contributed by atoms with Crippen molar-refractivity contribution >= 4 is 17.3 Å². The normalized spacial score (nSPS) is 14.8. The zero-order chi connectivity index (χ0) is 17.4. The summed E-state index contributed by atoms with van der Waals surface area (Å²) in [5.74, 6) is 0.951. The Morgan fingerprint density at radius 1 is 1.25 bits per heavy atom. The van der Waals surface area contributed by atoms with Crippen LogP contribution in [-0.2, 0) is 19.4 Å². The van der Waals surface area contributed by atoms with Crippen molar-refractivity contribution in [1.29, 1.82) is 0 Å². The highest BCUT2D eigenvalue weighted by Crippen LogP contribution is 2.27. The van der Waals surface area contributed by atoms with E-state index in [-0.39, 0.29) is 0 Å². The van der Waals surface area contributed by atoms with Gasteiger partial charge in [-0.25, -0.2) is 4.98 Å². The maximum atomic E-state index is 4.84. The van der Waals surface area contributed by atoms with Crippen molar-refractivity contribution in [2.24, 2.45) is 4.99 Å². The van der Waals surface area contributed by atoms with Crippen molar-refractivity contribution in [3.8, 4) is 0 Å². The molecule has 0 aliphatic heterocycles. The molecule has 0 amide bonds. The fourth-order valence-electron chi connectivity index (χ4n) is 3.03. The van der Waals surface area contributed by atoms with Crippen molar-refractivity contribution in [2.45, 2.75) is 52.0 Å². The number of likely N-dealkylation sites (N-methyl/N-ethyl adjacent to an activating group) is 1. The van der Waals surface area contributed by atoms with E-state index in [2.05, 4.69) is 41.1 Å². The Hall–Kier alpha value is -1.14. The number of nitrogens with one attached hydrogen (secondary N) is 1. The maximum absolute atomic E-state index is 4.84. The van der Waals surface area contributed by atoms with Crippen LogP contribution in [0.25, 0.3) is 0 Å². The molecule has 0 spiro atoms. The third-order valence-corrected chi connectivity index (χ3v) is 5.65. The fourth-order valence-corrected chi connectivity index (χ4v) is 4.24. The van der Waals surface area contributed by atoms with Gasteiger partial charge in [0.15, 0.2) is 5.96 Å². The van der Waals surface area contributed by atoms with Gasteiger partial charge in [-0.1, -0.05) is 13.3 Å². The molecule has 5 nitrogen and oxygen atoms in total. The zero-order valence-electron chi connectivity index (χ0n) is 15.8. The van der Waals surface area contributed by atoms with E-state index in [0.717, 1.165) is 38.6 Å². The van der Waals surface area contributed by atoms with Crippen LogP contribution in [0.15, 0.2) is 4.99 Å². The predicted octanol–water partition coefficient (Wildman–Crippen LogP) is 2.76. The first kappa shape index (κ1) is 19.2. The Labute approximate surface area is 151 Å². The molecule has 0 aromatic carbocycles. The molecule has 1 N–H and O–H groups in total. The average molecular weight is 352 g/mol. The number of fused-ring (bicyclic) bond motifs is 1. The minimum atomic E-state index is 0.836. The molecule has 0 bridgehead atoms. The van der Waals surface area contributed by atoms with E-state index in [4.69, 9.17) is 4.98 Å². The number of rotatable bonds is 8. The molecule has 0 unspecified atom stereocenters. The minimum absolute atomic E-state index is 0.836. The summed E-state index contributed by atoms with van der Waals surface area (Å²) < 4.78 is 0. The lowest BCUT2D eigenvalue weighted by atomic mass is 10.0. The van der Waals surface area contributed by atoms with Gasteiger partial charge in [0.2, 0.25) is 0 Å². The first-order valence-electron chi connectivity index (χ1n) is 9.21. The van der Waals surface area contributed by atoms with Crippen molar-refractivity contribution in [3.05, 3.63) is 15.6 Å². The first-order chi connectivity index (χ1) is 11.6. The molecule has 1 heterocycles. The van der Waals surface area contributed by atoms with Crippen molar-refractivity contribution in [3.63, 3.8) is 0 Å². The van der Waals surface area contributed by atoms with E-state index in [1.807, 2.05) is 18.4 Å². The van der Waals surface area contributed by atoms with Crippen molar-refractivity contribution in [1.82, 2.24) is 20.1 Å². The summed E-state index contributed by atoms with van der Waals surface area (Å²) in [6.07, 6.45) is 7.50. The second-order valence-corrected chi connectivity index (χ2v) is 7.84. The molecule has 0 saturated carbocycles. The summed E-state index contributed by atoms with van der Waals surface area (Å²) in [7, 11) is 6.13. The summed E-state index contributed by atoms with van der Waals surface area (Å²) in [5, 5.41) is 4.68. The van der Waals surface area contributed by atoms with E-state index >= 15 is 0 Å². The largest absolute Gasteiger partial charge is 0.355 e. The number of thiazole rings is 1. The van der Waals surface area contributed by atoms with Crippen LogP contribution < -0.4 is 5.32 Å². The highest BCUT2D eigenvalue weighted by molar-refractivity contribution is 7.11. The predicted molar refractivity (Wildman–Crippen MR) is 104 cm³/mol. The topological polar surface area (TPSA) is 43.8 Å². The highest BCUT2D eigenvalue weighted by atomic mass is 32.1. The SMILES string of the molecule is CCCCN(C)CCNC(=NC)N(C)Cc1nc2c(s1)CCCC2. The van der Waals surface area contributed by atoms with E-state index < -0.39 is 0 Å². The van der Waals surface area contributed by atoms with E-state index in [9.17, 15) is 0 Å². The molecule has 0 fully saturated rings. The third-order valence-electron chi connectivity index (χ3n) is 4.51. The molecule has 24 heavy (non-hydrogen) atoms. The van der Waals surface area contributed by atoms with Gasteiger partial charge in [0.25, 0.3) is 0 Å². The standard InChI is InChI=1S/C18H33N5S/c1-5-6-12-22(3)13-11-20-18(19-2)23(4)14-17-21-15-9-7-8-10-16(15)24-17/h5-14H2,1-4H3,(H,19,20). The molecule has 1 aliphatic rings. The molecule has 1 aliphatic carbocycles. The van der Waals surface area contributed by atoms with Crippen LogP contribution >= 0.6 is 11.3 Å². The van der Waals surface area contributed by atoms with Crippen LogP contribution in [0, 0.1) is 0 Å². The molecular formula is C18H33N5S. The summed E-state index contributed by atoms with van der Waals surface area (Å²) in [6.45, 7) is 6.20. The molecule has 0 saturated heterocycles. The van der Waals surface area contributed by atoms with Crippen molar-refractivity contribution in [2.75, 3.05) is 40.8 Å². The van der Waals surface area contributed by atoms with Gasteiger partial charge in [-0.05, 0) is 45.7 Å². The van der Waals surface area contributed by atoms with Gasteiger partial charge in [-0.2, -0.15) is 0 Å². The smallest absolute Gasteiger partial charge is 0.193 e. The summed E-state index contributed by atoms with van der Waals surface area (Å²) in [4.78, 5) is 15.3. The number of unbranched alkanes of at least 4 members (excludes halogenated alkanes) is 1. The number of nitrogens with zero attached hydrogens (tertiary/aromatic N) is 4. The van der Waals surface area contributed by atoms with Crippen LogP contribution in [0.1, 0.15) is 48.2 Å². The third kappa shape index (κ3) is 5.74. The Balaban J connectivity index is 1.79. The van der Waals surface area contributed by atoms with Gasteiger partial charge in [-0.3, -0.25) is 4.99 Å². The van der Waals surface area contributed by atoms with Gasteiger partial charge in [0.1, 0.15) is 5.01 Å². The Morgan fingerprint density at radius 3 is 2.75 bits per heavy atom. The van der Waals surface area contributed by atoms with Crippen LogP contribution in [0.2, 0.25) is 0 Å². The Kier molecular flexibility index (Phi) is 7.99. The van der Waals surface area contributed by atoms with E-state index in [1.54, 1.807) is 0 Å². The molecule has 2 rings (SSSR count). The van der Waals surface area contributed by atoms with Gasteiger partial charge >= 0.3 is 0 Å². The summed E-state index contributed by atoms with van der Waals surface area (Å²) in [6, 6.07) is 0. The number of hydrogen-bond acceptors (Lipinski definition) is 4. The quantitative estimate of drug-likeness (QED) is 0.578. The number of guanidine groups is 1. The van der Waals surface area contributed by atoms with Crippen LogP contribution in [0.4, 0.5) is 0 Å².